The first-order valence-electron chi connectivity index (χ1n) is 3.71. The molecule has 0 heterocycles. The Kier molecular flexibility index (Phi) is 3.99. The van der Waals surface area contributed by atoms with Gasteiger partial charge < -0.3 is 4.74 Å². The van der Waals surface area contributed by atoms with Crippen LogP contribution in [0.2, 0.25) is 0 Å². The second kappa shape index (κ2) is 4.83. The lowest BCUT2D eigenvalue weighted by Gasteiger charge is -2.04. The Morgan fingerprint density at radius 2 is 1.86 bits per heavy atom. The van der Waals surface area contributed by atoms with Gasteiger partial charge in [-0.1, -0.05) is 30.3 Å². The molecular weight excluding hydrogens is 246 g/mol. The number of benzene rings is 1. The van der Waals surface area contributed by atoms with E-state index in [4.69, 9.17) is 22.5 Å². The highest BCUT2D eigenvalue weighted by molar-refractivity contribution is 8.18. The van der Waals surface area contributed by atoms with Gasteiger partial charge in [0.2, 0.25) is 0 Å². The highest BCUT2D eigenvalue weighted by Gasteiger charge is 2.27. The van der Waals surface area contributed by atoms with E-state index in [9.17, 15) is 9.36 Å². The van der Waals surface area contributed by atoms with Crippen LogP contribution in [0.25, 0.3) is 0 Å². The fraction of sp³-hybridized carbons (Fsp3) is 0.125. The SMILES string of the molecule is O=C(OCc1ccccc1)P(=O)(Cl)Cl. The summed E-state index contributed by atoms with van der Waals surface area (Å²) in [6, 6.07) is 8.95. The van der Waals surface area contributed by atoms with E-state index in [1.807, 2.05) is 6.07 Å². The van der Waals surface area contributed by atoms with E-state index in [-0.39, 0.29) is 6.61 Å². The van der Waals surface area contributed by atoms with Crippen LogP contribution in [0, 0.1) is 0 Å². The number of carbonyl (C=O) groups excluding carboxylic acids is 1. The largest absolute Gasteiger partial charge is 0.454 e. The average molecular weight is 253 g/mol. The van der Waals surface area contributed by atoms with Crippen LogP contribution in [0.1, 0.15) is 5.56 Å². The minimum Gasteiger partial charge on any atom is -0.454 e. The molecule has 6 heteroatoms. The summed E-state index contributed by atoms with van der Waals surface area (Å²) >= 11 is 10.2. The molecule has 0 bridgehead atoms. The van der Waals surface area contributed by atoms with Crippen LogP contribution in [-0.4, -0.2) is 5.71 Å². The Labute approximate surface area is 90.9 Å². The zero-order chi connectivity index (χ0) is 10.6. The van der Waals surface area contributed by atoms with Crippen molar-refractivity contribution in [1.29, 1.82) is 0 Å². The van der Waals surface area contributed by atoms with E-state index in [0.29, 0.717) is 0 Å². The topological polar surface area (TPSA) is 43.4 Å². The normalized spacial score (nSPS) is 11.0. The molecule has 0 radical (unpaired) electrons. The number of carbonyl (C=O) groups is 1. The Morgan fingerprint density at radius 3 is 2.36 bits per heavy atom. The summed E-state index contributed by atoms with van der Waals surface area (Å²) in [6.45, 7) is 0.0170. The summed E-state index contributed by atoms with van der Waals surface area (Å²) in [7, 11) is 0. The molecule has 14 heavy (non-hydrogen) atoms. The number of halogens is 2. The predicted molar refractivity (Wildman–Crippen MR) is 55.9 cm³/mol. The zero-order valence-corrected chi connectivity index (χ0v) is 9.43. The van der Waals surface area contributed by atoms with Crippen LogP contribution < -0.4 is 0 Å². The molecule has 1 aromatic rings. The molecule has 0 aromatic heterocycles. The smallest absolute Gasteiger partial charge is 0.395 e. The van der Waals surface area contributed by atoms with Crippen molar-refractivity contribution in [2.45, 2.75) is 6.61 Å². The van der Waals surface area contributed by atoms with E-state index in [0.717, 1.165) is 5.56 Å². The monoisotopic (exact) mass is 252 g/mol. The first-order valence-corrected chi connectivity index (χ1v) is 7.22. The highest BCUT2D eigenvalue weighted by Crippen LogP contribution is 2.58. The molecule has 0 amide bonds. The fourth-order valence-corrected chi connectivity index (χ4v) is 1.30. The van der Waals surface area contributed by atoms with Crippen LogP contribution in [0.15, 0.2) is 30.3 Å². The van der Waals surface area contributed by atoms with Gasteiger partial charge in [-0.05, 0) is 28.0 Å². The van der Waals surface area contributed by atoms with E-state index in [1.54, 1.807) is 24.3 Å². The van der Waals surface area contributed by atoms with Gasteiger partial charge in [0.05, 0.1) is 0 Å². The first kappa shape index (κ1) is 11.6. The number of hydrogen-bond donors (Lipinski definition) is 0. The van der Waals surface area contributed by atoms with Gasteiger partial charge in [-0.25, -0.2) is 4.79 Å². The predicted octanol–water partition coefficient (Wildman–Crippen LogP) is 3.99. The van der Waals surface area contributed by atoms with Gasteiger partial charge in [-0.15, -0.1) is 0 Å². The van der Waals surface area contributed by atoms with Crippen molar-refractivity contribution in [1.82, 2.24) is 0 Å². The van der Waals surface area contributed by atoms with Crippen molar-refractivity contribution < 1.29 is 14.1 Å². The van der Waals surface area contributed by atoms with Crippen molar-refractivity contribution in [3.05, 3.63) is 35.9 Å². The third-order valence-electron chi connectivity index (χ3n) is 1.42. The molecule has 0 aliphatic carbocycles. The minimum absolute atomic E-state index is 0.0170. The first-order chi connectivity index (χ1) is 6.50. The van der Waals surface area contributed by atoms with Crippen LogP contribution >= 0.6 is 28.3 Å². The molecule has 0 spiro atoms. The maximum absolute atomic E-state index is 10.9. The molecule has 0 fully saturated rings. The van der Waals surface area contributed by atoms with E-state index in [1.165, 1.54) is 0 Å². The van der Waals surface area contributed by atoms with E-state index < -0.39 is 11.6 Å². The summed E-state index contributed by atoms with van der Waals surface area (Å²) in [5.74, 6) is -3.81. The second-order valence-corrected chi connectivity index (χ2v) is 7.17. The van der Waals surface area contributed by atoms with Gasteiger partial charge in [0, 0.05) is 0 Å². The maximum Gasteiger partial charge on any atom is 0.395 e. The van der Waals surface area contributed by atoms with E-state index in [2.05, 4.69) is 4.74 Å². The molecule has 3 nitrogen and oxygen atoms in total. The molecule has 0 atom stereocenters. The fourth-order valence-electron chi connectivity index (χ4n) is 0.794. The summed E-state index contributed by atoms with van der Waals surface area (Å²) in [6.07, 6.45) is 0. The van der Waals surface area contributed by atoms with Crippen molar-refractivity contribution in [3.8, 4) is 0 Å². The van der Waals surface area contributed by atoms with E-state index >= 15 is 0 Å². The number of rotatable bonds is 3. The Bertz CT molecular complexity index is 360. The second-order valence-electron chi connectivity index (χ2n) is 2.50. The molecule has 1 rings (SSSR count). The molecule has 1 aromatic carbocycles. The van der Waals surface area contributed by atoms with Crippen molar-refractivity contribution in [2.75, 3.05) is 0 Å². The molecule has 0 aliphatic heterocycles. The molecule has 0 saturated heterocycles. The Morgan fingerprint density at radius 1 is 1.29 bits per heavy atom. The van der Waals surface area contributed by atoms with Crippen LogP contribution in [0.5, 0.6) is 0 Å². The summed E-state index contributed by atoms with van der Waals surface area (Å²) in [5, 5.41) is 0. The van der Waals surface area contributed by atoms with Crippen molar-refractivity contribution in [2.24, 2.45) is 0 Å². The molecule has 0 saturated carbocycles. The summed E-state index contributed by atoms with van der Waals surface area (Å²) < 4.78 is 15.4. The third-order valence-corrected chi connectivity index (χ3v) is 2.80. The molecule has 0 unspecified atom stereocenters. The number of ether oxygens (including phenoxy) is 1. The lowest BCUT2D eigenvalue weighted by Crippen LogP contribution is -1.98. The van der Waals surface area contributed by atoms with Gasteiger partial charge in [0.1, 0.15) is 6.61 Å². The quantitative estimate of drug-likeness (QED) is 0.764. The number of hydrogen-bond acceptors (Lipinski definition) is 3. The maximum atomic E-state index is 10.9. The summed E-state index contributed by atoms with van der Waals surface area (Å²) in [5.41, 5.74) is -0.299. The van der Waals surface area contributed by atoms with Crippen molar-refractivity contribution >= 4 is 34.0 Å². The minimum atomic E-state index is -3.81. The van der Waals surface area contributed by atoms with Gasteiger partial charge in [-0.2, -0.15) is 0 Å². The molecular formula is C8H7Cl2O3P. The average Bonchev–Trinajstić information content (AvgIpc) is 2.14. The standard InChI is InChI=1S/C8H7Cl2O3P/c9-14(10,12)8(11)13-6-7-4-2-1-3-5-7/h1-5H,6H2. The van der Waals surface area contributed by atoms with Crippen LogP contribution in [0.4, 0.5) is 4.79 Å². The Hall–Kier alpha value is -0.500. The van der Waals surface area contributed by atoms with Crippen molar-refractivity contribution in [3.63, 3.8) is 0 Å². The third kappa shape index (κ3) is 3.70. The van der Waals surface area contributed by atoms with Gasteiger partial charge in [-0.3, -0.25) is 4.57 Å². The zero-order valence-electron chi connectivity index (χ0n) is 7.02. The van der Waals surface area contributed by atoms with Gasteiger partial charge in [0.15, 0.2) is 0 Å². The Balaban J connectivity index is 2.51. The van der Waals surface area contributed by atoms with Gasteiger partial charge >= 0.3 is 11.6 Å². The van der Waals surface area contributed by atoms with Crippen LogP contribution in [0.3, 0.4) is 0 Å². The van der Waals surface area contributed by atoms with Gasteiger partial charge in [0.25, 0.3) is 0 Å². The van der Waals surface area contributed by atoms with Crippen LogP contribution in [-0.2, 0) is 15.9 Å². The molecule has 0 N–H and O–H groups in total. The summed E-state index contributed by atoms with van der Waals surface area (Å²) in [4.78, 5) is 10.9. The molecule has 76 valence electrons. The lowest BCUT2D eigenvalue weighted by molar-refractivity contribution is 0.166. The highest BCUT2D eigenvalue weighted by atomic mass is 35.9. The lowest BCUT2D eigenvalue weighted by atomic mass is 10.2. The molecule has 0 aliphatic rings.